The summed E-state index contributed by atoms with van der Waals surface area (Å²) in [5.41, 5.74) is 0.0934. The van der Waals surface area contributed by atoms with Gasteiger partial charge in [-0.05, 0) is 57.0 Å². The first-order valence-corrected chi connectivity index (χ1v) is 9.36. The van der Waals surface area contributed by atoms with Gasteiger partial charge in [-0.25, -0.2) is 4.99 Å². The van der Waals surface area contributed by atoms with Crippen molar-refractivity contribution >= 4 is 41.5 Å². The monoisotopic (exact) mass is 503 g/mol. The summed E-state index contributed by atoms with van der Waals surface area (Å²) in [7, 11) is 0. The van der Waals surface area contributed by atoms with Crippen LogP contribution in [0.15, 0.2) is 45.8 Å². The van der Waals surface area contributed by atoms with Crippen molar-refractivity contribution in [3.63, 3.8) is 0 Å². The Hall–Kier alpha value is -1.25. The molecule has 1 aliphatic carbocycles. The van der Waals surface area contributed by atoms with Crippen LogP contribution in [0.1, 0.15) is 43.3 Å². The molecule has 3 atom stereocenters. The van der Waals surface area contributed by atoms with Crippen LogP contribution in [-0.4, -0.2) is 30.2 Å². The predicted octanol–water partition coefficient (Wildman–Crippen LogP) is 4.18. The van der Waals surface area contributed by atoms with Crippen molar-refractivity contribution in [3.05, 3.63) is 58.5 Å². The minimum absolute atomic E-state index is 0. The van der Waals surface area contributed by atoms with E-state index in [1.807, 2.05) is 38.1 Å². The Labute approximate surface area is 182 Å². The first kappa shape index (κ1) is 22.0. The number of hydrogen-bond donors (Lipinski definition) is 3. The summed E-state index contributed by atoms with van der Waals surface area (Å²) in [5, 5.41) is 18.1. The minimum Gasteiger partial charge on any atom is -0.463 e. The van der Waals surface area contributed by atoms with Crippen molar-refractivity contribution in [3.8, 4) is 0 Å². The van der Waals surface area contributed by atoms with Crippen molar-refractivity contribution in [1.82, 2.24) is 10.6 Å². The lowest BCUT2D eigenvalue weighted by Gasteiger charge is -2.19. The van der Waals surface area contributed by atoms with E-state index in [1.165, 1.54) is 5.56 Å². The van der Waals surface area contributed by atoms with Gasteiger partial charge in [0.2, 0.25) is 0 Å². The van der Waals surface area contributed by atoms with E-state index in [2.05, 4.69) is 21.7 Å². The molecule has 0 radical (unpaired) electrons. The van der Waals surface area contributed by atoms with E-state index in [-0.39, 0.29) is 30.5 Å². The fourth-order valence-electron chi connectivity index (χ4n) is 2.99. The SMILES string of the molecule is CCNC(=NCC(C)(O)c1ccc(C)o1)NC1CC1c1cccc(Cl)c1.I. The Balaban J connectivity index is 0.00000261. The first-order valence-electron chi connectivity index (χ1n) is 8.98. The second kappa shape index (κ2) is 9.30. The highest BCUT2D eigenvalue weighted by Crippen LogP contribution is 2.41. The van der Waals surface area contributed by atoms with Gasteiger partial charge in [0.1, 0.15) is 17.1 Å². The van der Waals surface area contributed by atoms with Crippen molar-refractivity contribution in [1.29, 1.82) is 0 Å². The van der Waals surface area contributed by atoms with Gasteiger partial charge < -0.3 is 20.2 Å². The molecule has 3 unspecified atom stereocenters. The van der Waals surface area contributed by atoms with Gasteiger partial charge in [0.25, 0.3) is 0 Å². The summed E-state index contributed by atoms with van der Waals surface area (Å²) in [5.74, 6) is 2.44. The number of nitrogens with zero attached hydrogens (tertiary/aromatic N) is 1. The summed E-state index contributed by atoms with van der Waals surface area (Å²) >= 11 is 6.09. The van der Waals surface area contributed by atoms with Gasteiger partial charge in [0.05, 0.1) is 6.54 Å². The quantitative estimate of drug-likeness (QED) is 0.314. The van der Waals surface area contributed by atoms with E-state index in [1.54, 1.807) is 13.0 Å². The average molecular weight is 504 g/mol. The largest absolute Gasteiger partial charge is 0.463 e. The van der Waals surface area contributed by atoms with Crippen molar-refractivity contribution < 1.29 is 9.52 Å². The fraction of sp³-hybridized carbons (Fsp3) is 0.450. The maximum atomic E-state index is 10.7. The highest BCUT2D eigenvalue weighted by atomic mass is 127. The van der Waals surface area contributed by atoms with Crippen LogP contribution in [0, 0.1) is 6.92 Å². The lowest BCUT2D eigenvalue weighted by molar-refractivity contribution is 0.0428. The normalized spacial score (nSPS) is 21.1. The number of rotatable bonds is 6. The molecule has 7 heteroatoms. The molecular formula is C20H27ClIN3O2. The van der Waals surface area contributed by atoms with Gasteiger partial charge >= 0.3 is 0 Å². The van der Waals surface area contributed by atoms with E-state index in [0.29, 0.717) is 23.7 Å². The number of guanidine groups is 1. The number of nitrogens with one attached hydrogen (secondary N) is 2. The molecule has 148 valence electrons. The zero-order valence-electron chi connectivity index (χ0n) is 15.8. The van der Waals surface area contributed by atoms with Crippen molar-refractivity contribution in [2.24, 2.45) is 4.99 Å². The zero-order chi connectivity index (χ0) is 18.7. The summed E-state index contributed by atoms with van der Waals surface area (Å²) < 4.78 is 5.55. The van der Waals surface area contributed by atoms with Gasteiger partial charge in [0, 0.05) is 23.5 Å². The third-order valence-electron chi connectivity index (χ3n) is 4.55. The molecule has 1 aromatic carbocycles. The van der Waals surface area contributed by atoms with E-state index < -0.39 is 5.60 Å². The smallest absolute Gasteiger partial charge is 0.191 e. The van der Waals surface area contributed by atoms with Crippen LogP contribution in [-0.2, 0) is 5.60 Å². The number of benzene rings is 1. The second-order valence-corrected chi connectivity index (χ2v) is 7.46. The van der Waals surface area contributed by atoms with Crippen molar-refractivity contribution in [2.75, 3.05) is 13.1 Å². The molecule has 1 heterocycles. The summed E-state index contributed by atoms with van der Waals surface area (Å²) in [4.78, 5) is 4.55. The fourth-order valence-corrected chi connectivity index (χ4v) is 3.19. The Morgan fingerprint density at radius 2 is 2.15 bits per heavy atom. The Bertz CT molecular complexity index is 791. The standard InChI is InChI=1S/C20H26ClN3O2.HI/c1-4-22-19(23-12-20(3,25)18-9-8-13(2)26-18)24-17-11-16(17)14-6-5-7-15(21)10-14;/h5-10,16-17,25H,4,11-12H2,1-3H3,(H2,22,23,24);1H. The van der Waals surface area contributed by atoms with E-state index in [0.717, 1.165) is 23.7 Å². The number of hydrogen-bond acceptors (Lipinski definition) is 3. The highest BCUT2D eigenvalue weighted by molar-refractivity contribution is 14.0. The van der Waals surface area contributed by atoms with E-state index in [4.69, 9.17) is 16.0 Å². The third kappa shape index (κ3) is 5.86. The van der Waals surface area contributed by atoms with Gasteiger partial charge in [-0.3, -0.25) is 0 Å². The number of aliphatic imine (C=N–C) groups is 1. The van der Waals surface area contributed by atoms with Gasteiger partial charge in [-0.15, -0.1) is 24.0 Å². The molecule has 1 aromatic heterocycles. The molecule has 0 saturated heterocycles. The molecule has 5 nitrogen and oxygen atoms in total. The van der Waals surface area contributed by atoms with Gasteiger partial charge in [-0.2, -0.15) is 0 Å². The molecule has 3 rings (SSSR count). The maximum Gasteiger partial charge on any atom is 0.191 e. The first-order chi connectivity index (χ1) is 12.4. The van der Waals surface area contributed by atoms with Gasteiger partial charge in [0.15, 0.2) is 5.96 Å². The predicted molar refractivity (Wildman–Crippen MR) is 120 cm³/mol. The molecule has 2 aromatic rings. The maximum absolute atomic E-state index is 10.7. The molecule has 1 aliphatic rings. The Morgan fingerprint density at radius 1 is 1.37 bits per heavy atom. The summed E-state index contributed by atoms with van der Waals surface area (Å²) in [6.45, 7) is 6.56. The van der Waals surface area contributed by atoms with E-state index >= 15 is 0 Å². The lowest BCUT2D eigenvalue weighted by atomic mass is 10.0. The summed E-state index contributed by atoms with van der Waals surface area (Å²) in [6.07, 6.45) is 1.04. The lowest BCUT2D eigenvalue weighted by Crippen LogP contribution is -2.40. The third-order valence-corrected chi connectivity index (χ3v) is 4.78. The Morgan fingerprint density at radius 3 is 2.78 bits per heavy atom. The van der Waals surface area contributed by atoms with Crippen LogP contribution in [0.4, 0.5) is 0 Å². The number of aliphatic hydroxyl groups is 1. The van der Waals surface area contributed by atoms with Crippen LogP contribution in [0.3, 0.4) is 0 Å². The molecule has 0 bridgehead atoms. The van der Waals surface area contributed by atoms with E-state index in [9.17, 15) is 5.11 Å². The molecule has 3 N–H and O–H groups in total. The average Bonchev–Trinajstić information content (AvgIpc) is 3.22. The number of halogens is 2. The van der Waals surface area contributed by atoms with Crippen LogP contribution in [0.5, 0.6) is 0 Å². The van der Waals surface area contributed by atoms with Crippen LogP contribution >= 0.6 is 35.6 Å². The van der Waals surface area contributed by atoms with Crippen LogP contribution in [0.25, 0.3) is 0 Å². The molecule has 0 amide bonds. The van der Waals surface area contributed by atoms with Crippen LogP contribution in [0.2, 0.25) is 5.02 Å². The number of furan rings is 1. The summed E-state index contributed by atoms with van der Waals surface area (Å²) in [6, 6.07) is 11.9. The topological polar surface area (TPSA) is 69.8 Å². The highest BCUT2D eigenvalue weighted by Gasteiger charge is 2.39. The molecule has 0 aliphatic heterocycles. The molecular weight excluding hydrogens is 477 g/mol. The molecule has 0 spiro atoms. The van der Waals surface area contributed by atoms with Crippen molar-refractivity contribution in [2.45, 2.75) is 44.8 Å². The molecule has 1 fully saturated rings. The zero-order valence-corrected chi connectivity index (χ0v) is 18.9. The molecule has 27 heavy (non-hydrogen) atoms. The van der Waals surface area contributed by atoms with Gasteiger partial charge in [-0.1, -0.05) is 23.7 Å². The second-order valence-electron chi connectivity index (χ2n) is 7.03. The minimum atomic E-state index is -1.15. The molecule has 1 saturated carbocycles. The number of aryl methyl sites for hydroxylation is 1. The Kier molecular flexibility index (Phi) is 7.59. The van der Waals surface area contributed by atoms with Crippen LogP contribution < -0.4 is 10.6 Å².